The predicted octanol–water partition coefficient (Wildman–Crippen LogP) is 1.21. The van der Waals surface area contributed by atoms with Crippen molar-refractivity contribution in [2.75, 3.05) is 11.4 Å². The number of carbonyl (C=O) groups excluding carboxylic acids is 2. The van der Waals surface area contributed by atoms with Crippen LogP contribution in [-0.4, -0.2) is 18.4 Å². The van der Waals surface area contributed by atoms with Gasteiger partial charge in [0.05, 0.1) is 5.02 Å². The number of rotatable bonds is 2. The van der Waals surface area contributed by atoms with Gasteiger partial charge in [-0.2, -0.15) is 0 Å². The van der Waals surface area contributed by atoms with Gasteiger partial charge in [0.15, 0.2) is 0 Å². The molecule has 1 unspecified atom stereocenters. The van der Waals surface area contributed by atoms with Gasteiger partial charge in [0.1, 0.15) is 0 Å². The Morgan fingerprint density at radius 2 is 2.24 bits per heavy atom. The molecule has 0 aromatic heterocycles. The molecule has 1 aromatic carbocycles. The average molecular weight is 318 g/mol. The van der Waals surface area contributed by atoms with E-state index >= 15 is 0 Å². The van der Waals surface area contributed by atoms with Crippen LogP contribution >= 0.6 is 27.5 Å². The number of hydrogen-bond acceptors (Lipinski definition) is 3. The number of amides is 1. The molecule has 1 aliphatic rings. The molecule has 0 bridgehead atoms. The predicted molar refractivity (Wildman–Crippen MR) is 64.6 cm³/mol. The molecule has 1 aromatic rings. The van der Waals surface area contributed by atoms with Crippen LogP contribution in [0.25, 0.3) is 0 Å². The van der Waals surface area contributed by atoms with E-state index in [1.54, 1.807) is 18.2 Å². The van der Waals surface area contributed by atoms with Gasteiger partial charge in [-0.3, -0.25) is 4.79 Å². The van der Waals surface area contributed by atoms with Crippen LogP contribution in [0.2, 0.25) is 5.02 Å². The van der Waals surface area contributed by atoms with Crippen molar-refractivity contribution in [1.82, 2.24) is 0 Å². The number of hydrogen-bond donors (Lipinski definition) is 0. The summed E-state index contributed by atoms with van der Waals surface area (Å²) in [4.78, 5) is 23.8. The summed E-state index contributed by atoms with van der Waals surface area (Å²) in [6.45, 7) is 0.138. The highest BCUT2D eigenvalue weighted by Crippen LogP contribution is 2.30. The zero-order valence-electron chi connectivity index (χ0n) is 8.65. The van der Waals surface area contributed by atoms with Crippen molar-refractivity contribution in [2.24, 2.45) is 5.92 Å². The van der Waals surface area contributed by atoms with Crippen molar-refractivity contribution in [3.8, 4) is 0 Å². The zero-order chi connectivity index (χ0) is 12.6. The molecule has 0 aliphatic carbocycles. The lowest BCUT2D eigenvalue weighted by Gasteiger charge is -2.17. The van der Waals surface area contributed by atoms with E-state index in [1.807, 2.05) is 0 Å². The number of aliphatic carboxylic acids is 1. The minimum atomic E-state index is -1.19. The highest BCUT2D eigenvalue weighted by molar-refractivity contribution is 9.10. The molecule has 1 atom stereocenters. The largest absolute Gasteiger partial charge is 0.550 e. The number of carboxylic acid groups (broad SMARTS) is 1. The Bertz CT molecular complexity index is 492. The number of halogens is 2. The number of carbonyl (C=O) groups is 2. The number of benzene rings is 1. The Morgan fingerprint density at radius 3 is 2.76 bits per heavy atom. The van der Waals surface area contributed by atoms with E-state index in [1.165, 1.54) is 4.90 Å². The molecule has 2 rings (SSSR count). The lowest BCUT2D eigenvalue weighted by atomic mass is 10.1. The maximum Gasteiger partial charge on any atom is 0.227 e. The monoisotopic (exact) mass is 316 g/mol. The van der Waals surface area contributed by atoms with Crippen LogP contribution in [0.1, 0.15) is 6.42 Å². The smallest absolute Gasteiger partial charge is 0.227 e. The molecule has 1 amide bonds. The Kier molecular flexibility index (Phi) is 3.40. The lowest BCUT2D eigenvalue weighted by Crippen LogP contribution is -2.33. The van der Waals surface area contributed by atoms with E-state index in [4.69, 9.17) is 11.6 Å². The van der Waals surface area contributed by atoms with Crippen molar-refractivity contribution >= 4 is 45.1 Å². The second-order valence-corrected chi connectivity index (χ2v) is 5.08. The first kappa shape index (κ1) is 12.4. The summed E-state index contributed by atoms with van der Waals surface area (Å²) in [5.74, 6) is -2.16. The van der Waals surface area contributed by atoms with E-state index < -0.39 is 11.9 Å². The first-order valence-corrected chi connectivity index (χ1v) is 6.12. The molecule has 1 heterocycles. The number of carboxylic acids is 1. The van der Waals surface area contributed by atoms with Crippen molar-refractivity contribution < 1.29 is 14.7 Å². The molecule has 0 N–H and O–H groups in total. The molecule has 0 spiro atoms. The van der Waals surface area contributed by atoms with Gasteiger partial charge in [-0.15, -0.1) is 0 Å². The van der Waals surface area contributed by atoms with E-state index in [-0.39, 0.29) is 18.9 Å². The van der Waals surface area contributed by atoms with Gasteiger partial charge >= 0.3 is 0 Å². The fourth-order valence-corrected chi connectivity index (χ4v) is 2.19. The second kappa shape index (κ2) is 4.66. The quantitative estimate of drug-likeness (QED) is 0.823. The number of anilines is 1. The summed E-state index contributed by atoms with van der Waals surface area (Å²) >= 11 is 9.17. The second-order valence-electron chi connectivity index (χ2n) is 3.82. The number of nitrogens with zero attached hydrogens (tertiary/aromatic N) is 1. The summed E-state index contributed by atoms with van der Waals surface area (Å²) in [5.41, 5.74) is 0.604. The Balaban J connectivity index is 2.26. The molecular formula is C11H8BrClNO3-. The van der Waals surface area contributed by atoms with Crippen LogP contribution in [0.3, 0.4) is 0 Å². The minimum absolute atomic E-state index is 0.0178. The SMILES string of the molecule is O=C([O-])C1CC(=O)N(c2ccc(Br)c(Cl)c2)C1. The Morgan fingerprint density at radius 1 is 1.53 bits per heavy atom. The van der Waals surface area contributed by atoms with E-state index in [0.717, 1.165) is 4.47 Å². The van der Waals surface area contributed by atoms with E-state index in [2.05, 4.69) is 15.9 Å². The average Bonchev–Trinajstić information content (AvgIpc) is 2.65. The van der Waals surface area contributed by atoms with Crippen molar-refractivity contribution in [2.45, 2.75) is 6.42 Å². The fourth-order valence-electron chi connectivity index (χ4n) is 1.77. The topological polar surface area (TPSA) is 60.4 Å². The molecule has 1 saturated heterocycles. The lowest BCUT2D eigenvalue weighted by molar-refractivity contribution is -0.310. The van der Waals surface area contributed by atoms with Gasteiger partial charge in [-0.25, -0.2) is 0 Å². The molecule has 6 heteroatoms. The normalized spacial score (nSPS) is 19.8. The Hall–Kier alpha value is -1.07. The van der Waals surface area contributed by atoms with Gasteiger partial charge in [0.2, 0.25) is 5.91 Å². The third kappa shape index (κ3) is 2.45. The van der Waals surface area contributed by atoms with Crippen LogP contribution in [0.5, 0.6) is 0 Å². The van der Waals surface area contributed by atoms with Crippen LogP contribution in [0, 0.1) is 5.92 Å². The summed E-state index contributed by atoms with van der Waals surface area (Å²) in [6.07, 6.45) is -0.0178. The molecule has 90 valence electrons. The first-order chi connectivity index (χ1) is 7.99. The molecular weight excluding hydrogens is 309 g/mol. The van der Waals surface area contributed by atoms with Crippen LogP contribution in [0.4, 0.5) is 5.69 Å². The van der Waals surface area contributed by atoms with Crippen molar-refractivity contribution in [1.29, 1.82) is 0 Å². The Labute approximate surface area is 111 Å². The van der Waals surface area contributed by atoms with Crippen LogP contribution < -0.4 is 10.0 Å². The van der Waals surface area contributed by atoms with Gasteiger partial charge < -0.3 is 14.8 Å². The van der Waals surface area contributed by atoms with Gasteiger partial charge in [-0.05, 0) is 34.1 Å². The first-order valence-electron chi connectivity index (χ1n) is 4.95. The van der Waals surface area contributed by atoms with Gasteiger partial charge in [0.25, 0.3) is 0 Å². The van der Waals surface area contributed by atoms with Crippen LogP contribution in [0.15, 0.2) is 22.7 Å². The minimum Gasteiger partial charge on any atom is -0.550 e. The van der Waals surface area contributed by atoms with Crippen molar-refractivity contribution in [3.05, 3.63) is 27.7 Å². The molecule has 17 heavy (non-hydrogen) atoms. The maximum absolute atomic E-state index is 11.7. The molecule has 1 aliphatic heterocycles. The molecule has 0 saturated carbocycles. The highest BCUT2D eigenvalue weighted by atomic mass is 79.9. The summed E-state index contributed by atoms with van der Waals surface area (Å²) in [6, 6.07) is 5.06. The van der Waals surface area contributed by atoms with E-state index in [0.29, 0.717) is 10.7 Å². The van der Waals surface area contributed by atoms with Crippen molar-refractivity contribution in [3.63, 3.8) is 0 Å². The molecule has 0 radical (unpaired) electrons. The molecule has 4 nitrogen and oxygen atoms in total. The van der Waals surface area contributed by atoms with E-state index in [9.17, 15) is 14.7 Å². The third-order valence-corrected chi connectivity index (χ3v) is 3.91. The highest BCUT2D eigenvalue weighted by Gasteiger charge is 2.31. The van der Waals surface area contributed by atoms with Crippen LogP contribution in [-0.2, 0) is 9.59 Å². The summed E-state index contributed by atoms with van der Waals surface area (Å²) in [7, 11) is 0. The zero-order valence-corrected chi connectivity index (χ0v) is 11.0. The molecule has 1 fully saturated rings. The summed E-state index contributed by atoms with van der Waals surface area (Å²) < 4.78 is 0.728. The van der Waals surface area contributed by atoms with Gasteiger partial charge in [-0.1, -0.05) is 11.6 Å². The standard InChI is InChI=1S/C11H9BrClNO3/c12-8-2-1-7(4-9(8)13)14-5-6(11(16)17)3-10(14)15/h1-2,4,6H,3,5H2,(H,16,17)/p-1. The maximum atomic E-state index is 11.7. The van der Waals surface area contributed by atoms with Gasteiger partial charge in [0, 0.05) is 35.0 Å². The third-order valence-electron chi connectivity index (χ3n) is 2.67. The fraction of sp³-hybridized carbons (Fsp3) is 0.273. The summed E-state index contributed by atoms with van der Waals surface area (Å²) in [5, 5.41) is 11.2.